The number of para-hydroxylation sites is 1. The fraction of sp³-hybridized carbons (Fsp3) is 0.438. The van der Waals surface area contributed by atoms with E-state index in [1.165, 1.54) is 12.1 Å². The molecule has 244 valence electrons. The smallest absolute Gasteiger partial charge is 0.416 e. The number of halogens is 3. The number of hydrogen-bond acceptors (Lipinski definition) is 9. The van der Waals surface area contributed by atoms with Crippen LogP contribution in [0.4, 0.5) is 29.3 Å². The number of nitrogen functional groups attached to an aromatic ring is 1. The summed E-state index contributed by atoms with van der Waals surface area (Å²) in [5.41, 5.74) is 6.00. The molecule has 0 aliphatic carbocycles. The third-order valence-electron chi connectivity index (χ3n) is 7.63. The number of rotatable bonds is 9. The minimum Gasteiger partial charge on any atom is -0.463 e. The van der Waals surface area contributed by atoms with E-state index in [0.717, 1.165) is 49.2 Å². The molecule has 0 aromatic heterocycles. The molecule has 1 saturated heterocycles. The number of allylic oxidation sites excluding steroid dienone is 1. The van der Waals surface area contributed by atoms with E-state index in [-0.39, 0.29) is 18.6 Å². The van der Waals surface area contributed by atoms with Gasteiger partial charge < -0.3 is 30.7 Å². The number of ether oxygens (including phenoxy) is 2. The van der Waals surface area contributed by atoms with Crippen molar-refractivity contribution in [3.05, 3.63) is 83.2 Å². The molecule has 2 heterocycles. The van der Waals surface area contributed by atoms with Gasteiger partial charge in [-0.1, -0.05) is 31.2 Å². The molecule has 2 aromatic carbocycles. The minimum atomic E-state index is -4.58. The van der Waals surface area contributed by atoms with Gasteiger partial charge in [0.1, 0.15) is 12.9 Å². The molecule has 13 heteroatoms. The number of piperidine rings is 1. The second-order valence-electron chi connectivity index (χ2n) is 12.0. The quantitative estimate of drug-likeness (QED) is 0.127. The lowest BCUT2D eigenvalue weighted by molar-refractivity contribution is -0.155. The Kier molecular flexibility index (Phi) is 10.6. The number of nitrogens with zero attached hydrogens (tertiary/aromatic N) is 1. The fourth-order valence-electron chi connectivity index (χ4n) is 4.92. The summed E-state index contributed by atoms with van der Waals surface area (Å²) in [6.45, 7) is 7.71. The van der Waals surface area contributed by atoms with Gasteiger partial charge in [0, 0.05) is 24.7 Å². The number of carbonyl (C=O) groups is 2. The first-order valence-corrected chi connectivity index (χ1v) is 15.6. The Morgan fingerprint density at radius 1 is 1.11 bits per heavy atom. The van der Waals surface area contributed by atoms with Gasteiger partial charge in [-0.15, -0.1) is 0 Å². The number of esters is 1. The van der Waals surface area contributed by atoms with Crippen molar-refractivity contribution in [1.29, 1.82) is 0 Å². The van der Waals surface area contributed by atoms with E-state index >= 15 is 0 Å². The van der Waals surface area contributed by atoms with E-state index in [1.54, 1.807) is 46.1 Å². The van der Waals surface area contributed by atoms with E-state index < -0.39 is 33.9 Å². The molecule has 1 amide bonds. The van der Waals surface area contributed by atoms with Crippen molar-refractivity contribution in [2.75, 3.05) is 24.2 Å². The summed E-state index contributed by atoms with van der Waals surface area (Å²) in [6, 6.07) is 10.1. The largest absolute Gasteiger partial charge is 0.463 e. The molecule has 9 nitrogen and oxygen atoms in total. The topological polar surface area (TPSA) is 118 Å². The van der Waals surface area contributed by atoms with Crippen LogP contribution >= 0.6 is 11.9 Å². The summed E-state index contributed by atoms with van der Waals surface area (Å²) in [6.07, 6.45) is 2.06. The molecule has 0 saturated carbocycles. The lowest BCUT2D eigenvalue weighted by Crippen LogP contribution is -2.45. The zero-order valence-corrected chi connectivity index (χ0v) is 26.7. The lowest BCUT2D eigenvalue weighted by atomic mass is 9.87. The summed E-state index contributed by atoms with van der Waals surface area (Å²) in [7, 11) is 0. The number of hydrogen-bond donors (Lipinski definition) is 4. The number of alkyl halides is 3. The monoisotopic (exact) mass is 647 g/mol. The highest BCUT2D eigenvalue weighted by molar-refractivity contribution is 8.12. The maximum atomic E-state index is 13.6. The normalized spacial score (nSPS) is 18.2. The summed E-state index contributed by atoms with van der Waals surface area (Å²) in [5, 5.41) is 5.69. The van der Waals surface area contributed by atoms with E-state index in [1.807, 2.05) is 17.2 Å². The third-order valence-corrected chi connectivity index (χ3v) is 8.41. The van der Waals surface area contributed by atoms with Gasteiger partial charge in [-0.05, 0) is 75.8 Å². The molecule has 1 atom stereocenters. The second-order valence-corrected chi connectivity index (χ2v) is 12.8. The molecule has 2 aromatic rings. The van der Waals surface area contributed by atoms with Crippen LogP contribution in [0.25, 0.3) is 0 Å². The molecular weight excluding hydrogens is 607 g/mol. The average Bonchev–Trinajstić information content (AvgIpc) is 3.47. The Bertz CT molecular complexity index is 1450. The average molecular weight is 648 g/mol. The van der Waals surface area contributed by atoms with Crippen molar-refractivity contribution < 1.29 is 32.2 Å². The lowest BCUT2D eigenvalue weighted by Gasteiger charge is -2.34. The number of nitrogens with one attached hydrogen (secondary N) is 3. The van der Waals surface area contributed by atoms with Crippen LogP contribution in [0.15, 0.2) is 66.5 Å². The maximum Gasteiger partial charge on any atom is 0.416 e. The first-order chi connectivity index (χ1) is 21.2. The van der Waals surface area contributed by atoms with Gasteiger partial charge in [0.25, 0.3) is 5.24 Å². The first kappa shape index (κ1) is 34.0. The SMILES string of the molecule is CCC(COC(=O)C(C)(C)C)(NSC(=O)Nc1c(N)cccc1CN1C=CO/C1=C1/CCCCN1)c1cccc(C(F)(F)F)c1. The highest BCUT2D eigenvalue weighted by Crippen LogP contribution is 2.36. The van der Waals surface area contributed by atoms with E-state index in [9.17, 15) is 22.8 Å². The third kappa shape index (κ3) is 8.46. The van der Waals surface area contributed by atoms with E-state index in [2.05, 4.69) is 15.4 Å². The Labute approximate surface area is 265 Å². The Morgan fingerprint density at radius 2 is 1.84 bits per heavy atom. The van der Waals surface area contributed by atoms with Gasteiger partial charge in [0.15, 0.2) is 0 Å². The predicted octanol–water partition coefficient (Wildman–Crippen LogP) is 7.20. The van der Waals surface area contributed by atoms with Gasteiger partial charge in [0.05, 0.1) is 40.1 Å². The van der Waals surface area contributed by atoms with Crippen molar-refractivity contribution in [3.63, 3.8) is 0 Å². The van der Waals surface area contributed by atoms with Crippen molar-refractivity contribution in [2.24, 2.45) is 5.41 Å². The minimum absolute atomic E-state index is 0.206. The molecule has 2 aliphatic rings. The molecule has 4 rings (SSSR count). The van der Waals surface area contributed by atoms with E-state index in [0.29, 0.717) is 35.8 Å². The summed E-state index contributed by atoms with van der Waals surface area (Å²) in [4.78, 5) is 27.9. The zero-order valence-electron chi connectivity index (χ0n) is 25.8. The van der Waals surface area contributed by atoms with Crippen LogP contribution in [0.1, 0.15) is 70.1 Å². The molecule has 0 spiro atoms. The van der Waals surface area contributed by atoms with Gasteiger partial charge >= 0.3 is 12.1 Å². The molecule has 1 fully saturated rings. The van der Waals surface area contributed by atoms with Gasteiger partial charge in [0.2, 0.25) is 5.88 Å². The van der Waals surface area contributed by atoms with E-state index in [4.69, 9.17) is 15.2 Å². The van der Waals surface area contributed by atoms with Crippen molar-refractivity contribution >= 4 is 34.5 Å². The standard InChI is InChI=1S/C32H40F3N5O4S/c1-5-31(20-44-28(41)30(2,3)4,22-11-9-12-23(18-22)32(33,34)35)39-45-29(42)38-26-21(10-8-13-24(26)36)19-40-16-17-43-27(40)25-14-6-7-15-37-25/h8-13,16-18,37,39H,5-7,14-15,19-20,36H2,1-4H3,(H,38,42)/b27-25-. The van der Waals surface area contributed by atoms with Crippen LogP contribution < -0.4 is 21.1 Å². The van der Waals surface area contributed by atoms with Gasteiger partial charge in [-0.2, -0.15) is 13.2 Å². The molecule has 45 heavy (non-hydrogen) atoms. The molecule has 0 radical (unpaired) electrons. The summed E-state index contributed by atoms with van der Waals surface area (Å²) >= 11 is 0.654. The maximum absolute atomic E-state index is 13.6. The number of nitrogens with two attached hydrogens (primary N) is 1. The summed E-state index contributed by atoms with van der Waals surface area (Å²) in [5.74, 6) is 0.173. The Morgan fingerprint density at radius 3 is 2.51 bits per heavy atom. The molecule has 5 N–H and O–H groups in total. The van der Waals surface area contributed by atoms with Crippen molar-refractivity contribution in [1.82, 2.24) is 14.9 Å². The van der Waals surface area contributed by atoms with Crippen LogP contribution in [0.5, 0.6) is 0 Å². The molecular formula is C32H40F3N5O4S. The number of anilines is 2. The number of benzene rings is 2. The van der Waals surface area contributed by atoms with Crippen LogP contribution in [0.2, 0.25) is 0 Å². The summed E-state index contributed by atoms with van der Waals surface area (Å²) < 4.78 is 55.3. The Hall–Kier alpha value is -3.84. The highest BCUT2D eigenvalue weighted by atomic mass is 32.2. The van der Waals surface area contributed by atoms with Crippen LogP contribution in [-0.4, -0.2) is 29.3 Å². The molecule has 1 unspecified atom stereocenters. The molecule has 0 bridgehead atoms. The zero-order chi connectivity index (χ0) is 32.8. The number of amides is 1. The van der Waals surface area contributed by atoms with Gasteiger partial charge in [-0.25, -0.2) is 4.72 Å². The van der Waals surface area contributed by atoms with Crippen molar-refractivity contribution in [3.8, 4) is 0 Å². The Balaban J connectivity index is 1.55. The van der Waals surface area contributed by atoms with Crippen LogP contribution in [0.3, 0.4) is 0 Å². The second kappa shape index (κ2) is 14.1. The number of carbonyl (C=O) groups excluding carboxylic acids is 2. The van der Waals surface area contributed by atoms with Gasteiger partial charge in [-0.3, -0.25) is 9.59 Å². The first-order valence-electron chi connectivity index (χ1n) is 14.8. The highest BCUT2D eigenvalue weighted by Gasteiger charge is 2.38. The molecule has 2 aliphatic heterocycles. The fourth-order valence-corrected chi connectivity index (χ4v) is 5.68. The van der Waals surface area contributed by atoms with Crippen LogP contribution in [-0.2, 0) is 32.5 Å². The van der Waals surface area contributed by atoms with Crippen LogP contribution in [0, 0.1) is 5.41 Å². The predicted molar refractivity (Wildman–Crippen MR) is 169 cm³/mol. The van der Waals surface area contributed by atoms with Crippen molar-refractivity contribution in [2.45, 2.75) is 71.6 Å².